The predicted octanol–water partition coefficient (Wildman–Crippen LogP) is 4.53. The molecule has 0 saturated carbocycles. The number of nitrogens with zero attached hydrogens (tertiary/aromatic N) is 1. The maximum Gasteiger partial charge on any atom is 0.0897 e. The Kier molecular flexibility index (Phi) is 6.55. The van der Waals surface area contributed by atoms with Crippen LogP contribution in [0.1, 0.15) is 17.6 Å². The van der Waals surface area contributed by atoms with Crippen molar-refractivity contribution in [3.63, 3.8) is 0 Å². The Morgan fingerprint density at radius 3 is 2.95 bits per heavy atom. The second-order valence-corrected chi connectivity index (χ2v) is 7.66. The summed E-state index contributed by atoms with van der Waals surface area (Å²) in [5, 5.41) is 6.88. The average molecular weight is 371 g/mol. The lowest BCUT2D eigenvalue weighted by molar-refractivity contribution is 0.567. The molecule has 5 heteroatoms. The van der Waals surface area contributed by atoms with E-state index in [1.54, 1.807) is 11.3 Å². The molecule has 2 rings (SSSR count). The topological polar surface area (TPSA) is 24.9 Å². The molecular weight excluding hydrogens is 352 g/mol. The quantitative estimate of drug-likeness (QED) is 0.724. The number of aryl methyl sites for hydroxylation is 1. The molecule has 0 spiro atoms. The number of nitrogens with one attached hydrogen (secondary N) is 1. The SMILES string of the molecule is CCNC(CSc1cccc(Br)c1)Cc1csc(C)n1. The number of thiazole rings is 1. The number of aromatic nitrogens is 1. The van der Waals surface area contributed by atoms with Crippen molar-refractivity contribution in [2.75, 3.05) is 12.3 Å². The van der Waals surface area contributed by atoms with Crippen LogP contribution in [0.15, 0.2) is 39.0 Å². The van der Waals surface area contributed by atoms with Gasteiger partial charge >= 0.3 is 0 Å². The van der Waals surface area contributed by atoms with E-state index in [0.717, 1.165) is 28.2 Å². The molecule has 20 heavy (non-hydrogen) atoms. The van der Waals surface area contributed by atoms with Gasteiger partial charge in [-0.05, 0) is 31.7 Å². The standard InChI is InChI=1S/C15H19BrN2S2/c1-3-17-13(8-14-10-19-11(2)18-14)9-20-15-6-4-5-12(16)7-15/h4-7,10,13,17H,3,8-9H2,1-2H3. The van der Waals surface area contributed by atoms with Gasteiger partial charge in [0.2, 0.25) is 0 Å². The minimum absolute atomic E-state index is 0.463. The molecule has 0 bridgehead atoms. The molecule has 0 aliphatic heterocycles. The number of hydrogen-bond donors (Lipinski definition) is 1. The van der Waals surface area contributed by atoms with E-state index in [0.29, 0.717) is 6.04 Å². The van der Waals surface area contributed by atoms with Gasteiger partial charge in [0.1, 0.15) is 0 Å². The number of benzene rings is 1. The molecule has 2 aromatic rings. The van der Waals surface area contributed by atoms with E-state index in [4.69, 9.17) is 0 Å². The van der Waals surface area contributed by atoms with E-state index in [9.17, 15) is 0 Å². The van der Waals surface area contributed by atoms with Gasteiger partial charge in [0.25, 0.3) is 0 Å². The third kappa shape index (κ3) is 5.20. The number of thioether (sulfide) groups is 1. The Balaban J connectivity index is 1.91. The number of rotatable bonds is 7. The molecule has 1 atom stereocenters. The van der Waals surface area contributed by atoms with Crippen LogP contribution >= 0.6 is 39.0 Å². The van der Waals surface area contributed by atoms with Gasteiger partial charge in [-0.3, -0.25) is 0 Å². The van der Waals surface area contributed by atoms with Crippen molar-refractivity contribution in [1.82, 2.24) is 10.3 Å². The van der Waals surface area contributed by atoms with E-state index in [1.165, 1.54) is 10.6 Å². The fourth-order valence-corrected chi connectivity index (χ4v) is 4.18. The molecule has 0 saturated heterocycles. The number of halogens is 1. The first kappa shape index (κ1) is 16.0. The van der Waals surface area contributed by atoms with Crippen molar-refractivity contribution < 1.29 is 0 Å². The summed E-state index contributed by atoms with van der Waals surface area (Å²) in [6.45, 7) is 5.21. The summed E-state index contributed by atoms with van der Waals surface area (Å²) in [5.41, 5.74) is 1.20. The van der Waals surface area contributed by atoms with Crippen LogP contribution in [0.4, 0.5) is 0 Å². The van der Waals surface area contributed by atoms with Crippen LogP contribution in [-0.2, 0) is 6.42 Å². The highest BCUT2D eigenvalue weighted by Crippen LogP contribution is 2.23. The molecule has 1 aromatic heterocycles. The molecule has 0 amide bonds. The van der Waals surface area contributed by atoms with Gasteiger partial charge in [0.15, 0.2) is 0 Å². The Labute approximate surface area is 137 Å². The summed E-state index contributed by atoms with van der Waals surface area (Å²) >= 11 is 7.14. The van der Waals surface area contributed by atoms with Crippen LogP contribution in [0, 0.1) is 6.92 Å². The van der Waals surface area contributed by atoms with Gasteiger partial charge in [-0.25, -0.2) is 4.98 Å². The molecule has 108 valence electrons. The monoisotopic (exact) mass is 370 g/mol. The predicted molar refractivity (Wildman–Crippen MR) is 92.9 cm³/mol. The molecule has 1 heterocycles. The first-order chi connectivity index (χ1) is 9.67. The molecule has 1 aromatic carbocycles. The Hall–Kier alpha value is -0.360. The Bertz CT molecular complexity index is 542. The van der Waals surface area contributed by atoms with Gasteiger partial charge in [0.05, 0.1) is 10.7 Å². The highest BCUT2D eigenvalue weighted by molar-refractivity contribution is 9.10. The maximum absolute atomic E-state index is 4.56. The van der Waals surface area contributed by atoms with Crippen molar-refractivity contribution in [2.24, 2.45) is 0 Å². The van der Waals surface area contributed by atoms with Crippen LogP contribution in [-0.4, -0.2) is 23.3 Å². The molecule has 0 aliphatic rings. The molecule has 2 nitrogen and oxygen atoms in total. The van der Waals surface area contributed by atoms with E-state index < -0.39 is 0 Å². The summed E-state index contributed by atoms with van der Waals surface area (Å²) in [7, 11) is 0. The molecule has 0 radical (unpaired) electrons. The molecule has 0 aliphatic carbocycles. The zero-order chi connectivity index (χ0) is 14.4. The van der Waals surface area contributed by atoms with Gasteiger partial charge < -0.3 is 5.32 Å². The van der Waals surface area contributed by atoms with Crippen LogP contribution in [0.2, 0.25) is 0 Å². The number of hydrogen-bond acceptors (Lipinski definition) is 4. The van der Waals surface area contributed by atoms with Gasteiger partial charge in [-0.15, -0.1) is 23.1 Å². The van der Waals surface area contributed by atoms with Crippen LogP contribution in [0.25, 0.3) is 0 Å². The second kappa shape index (κ2) is 8.17. The maximum atomic E-state index is 4.56. The third-order valence-corrected chi connectivity index (χ3v) is 5.33. The minimum atomic E-state index is 0.463. The van der Waals surface area contributed by atoms with Gasteiger partial charge in [0, 0.05) is 33.0 Å². The van der Waals surface area contributed by atoms with Crippen LogP contribution in [0.3, 0.4) is 0 Å². The van der Waals surface area contributed by atoms with Crippen molar-refractivity contribution >= 4 is 39.0 Å². The lowest BCUT2D eigenvalue weighted by Gasteiger charge is -2.16. The minimum Gasteiger partial charge on any atom is -0.313 e. The Morgan fingerprint density at radius 2 is 2.30 bits per heavy atom. The summed E-state index contributed by atoms with van der Waals surface area (Å²) in [4.78, 5) is 5.87. The first-order valence-electron chi connectivity index (χ1n) is 6.70. The van der Waals surface area contributed by atoms with E-state index in [-0.39, 0.29) is 0 Å². The summed E-state index contributed by atoms with van der Waals surface area (Å²) in [6.07, 6.45) is 0.999. The van der Waals surface area contributed by atoms with Crippen molar-refractivity contribution in [3.8, 4) is 0 Å². The second-order valence-electron chi connectivity index (χ2n) is 4.58. The highest BCUT2D eigenvalue weighted by Gasteiger charge is 2.11. The van der Waals surface area contributed by atoms with Crippen molar-refractivity contribution in [3.05, 3.63) is 44.8 Å². The largest absolute Gasteiger partial charge is 0.313 e. The summed E-state index contributed by atoms with van der Waals surface area (Å²) in [6, 6.07) is 8.93. The lowest BCUT2D eigenvalue weighted by Crippen LogP contribution is -2.33. The smallest absolute Gasteiger partial charge is 0.0897 e. The van der Waals surface area contributed by atoms with Crippen molar-refractivity contribution in [2.45, 2.75) is 31.2 Å². The molecular formula is C15H19BrN2S2. The average Bonchev–Trinajstić information content (AvgIpc) is 2.82. The fourth-order valence-electron chi connectivity index (χ4n) is 1.99. The zero-order valence-electron chi connectivity index (χ0n) is 11.7. The third-order valence-electron chi connectivity index (χ3n) is 2.86. The van der Waals surface area contributed by atoms with Crippen molar-refractivity contribution in [1.29, 1.82) is 0 Å². The Morgan fingerprint density at radius 1 is 1.45 bits per heavy atom. The van der Waals surface area contributed by atoms with E-state index >= 15 is 0 Å². The van der Waals surface area contributed by atoms with Crippen LogP contribution in [0.5, 0.6) is 0 Å². The summed E-state index contributed by atoms with van der Waals surface area (Å²) in [5.74, 6) is 1.06. The lowest BCUT2D eigenvalue weighted by atomic mass is 10.2. The van der Waals surface area contributed by atoms with E-state index in [2.05, 4.69) is 69.7 Å². The molecule has 1 N–H and O–H groups in total. The van der Waals surface area contributed by atoms with Crippen LogP contribution < -0.4 is 5.32 Å². The molecule has 0 fully saturated rings. The highest BCUT2D eigenvalue weighted by atomic mass is 79.9. The molecule has 1 unspecified atom stereocenters. The fraction of sp³-hybridized carbons (Fsp3) is 0.400. The number of likely N-dealkylation sites (N-methyl/N-ethyl adjacent to an activating group) is 1. The van der Waals surface area contributed by atoms with E-state index in [1.807, 2.05) is 11.8 Å². The van der Waals surface area contributed by atoms with Gasteiger partial charge in [-0.1, -0.05) is 28.9 Å². The first-order valence-corrected chi connectivity index (χ1v) is 9.36. The normalized spacial score (nSPS) is 12.6. The van der Waals surface area contributed by atoms with Gasteiger partial charge in [-0.2, -0.15) is 0 Å². The summed E-state index contributed by atoms with van der Waals surface area (Å²) < 4.78 is 1.14. The zero-order valence-corrected chi connectivity index (χ0v) is 14.9.